The van der Waals surface area contributed by atoms with Gasteiger partial charge in [0.15, 0.2) is 5.65 Å². The molecule has 1 aromatic carbocycles. The van der Waals surface area contributed by atoms with Crippen LogP contribution in [0.5, 0.6) is 5.88 Å². The van der Waals surface area contributed by atoms with Gasteiger partial charge >= 0.3 is 0 Å². The summed E-state index contributed by atoms with van der Waals surface area (Å²) >= 11 is 3.51. The van der Waals surface area contributed by atoms with E-state index in [2.05, 4.69) is 32.1 Å². The van der Waals surface area contributed by atoms with E-state index in [9.17, 15) is 0 Å². The van der Waals surface area contributed by atoms with Gasteiger partial charge < -0.3 is 15.2 Å². The molecule has 1 fully saturated rings. The second kappa shape index (κ2) is 7.61. The SMILES string of the molecule is Nc1c(Br)c(OCC2CCOCC2)nc2c(-c3cnc4ccccc4c3)cnn12. The molecule has 5 rings (SSSR count). The fourth-order valence-corrected chi connectivity index (χ4v) is 3.97. The Labute approximate surface area is 176 Å². The molecule has 2 N–H and O–H groups in total. The summed E-state index contributed by atoms with van der Waals surface area (Å²) in [5, 5.41) is 5.49. The van der Waals surface area contributed by atoms with Crippen LogP contribution in [0, 0.1) is 5.92 Å². The summed E-state index contributed by atoms with van der Waals surface area (Å²) in [6.07, 6.45) is 5.59. The van der Waals surface area contributed by atoms with Gasteiger partial charge in [-0.25, -0.2) is 0 Å². The van der Waals surface area contributed by atoms with Crippen molar-refractivity contribution in [3.8, 4) is 17.0 Å². The normalized spacial score (nSPS) is 15.2. The third kappa shape index (κ3) is 3.42. The number of anilines is 1. The zero-order chi connectivity index (χ0) is 19.8. The predicted molar refractivity (Wildman–Crippen MR) is 115 cm³/mol. The van der Waals surface area contributed by atoms with Crippen LogP contribution in [0.4, 0.5) is 5.82 Å². The van der Waals surface area contributed by atoms with Crippen molar-refractivity contribution < 1.29 is 9.47 Å². The van der Waals surface area contributed by atoms with Crippen LogP contribution in [-0.4, -0.2) is 39.4 Å². The summed E-state index contributed by atoms with van der Waals surface area (Å²) in [6, 6.07) is 10.1. The van der Waals surface area contributed by atoms with Gasteiger partial charge in [0, 0.05) is 35.9 Å². The average Bonchev–Trinajstić information content (AvgIpc) is 3.19. The third-order valence-electron chi connectivity index (χ3n) is 5.29. The van der Waals surface area contributed by atoms with Crippen molar-refractivity contribution in [3.63, 3.8) is 0 Å². The number of fused-ring (bicyclic) bond motifs is 2. The lowest BCUT2D eigenvalue weighted by atomic mass is 10.0. The molecule has 1 saturated heterocycles. The molecular formula is C21H20BrN5O2. The monoisotopic (exact) mass is 453 g/mol. The van der Waals surface area contributed by atoms with Crippen molar-refractivity contribution in [1.29, 1.82) is 0 Å². The molecule has 0 aliphatic carbocycles. The van der Waals surface area contributed by atoms with E-state index in [0.29, 0.717) is 34.3 Å². The Morgan fingerprint density at radius 1 is 1.21 bits per heavy atom. The quantitative estimate of drug-likeness (QED) is 0.500. The molecule has 4 heterocycles. The van der Waals surface area contributed by atoms with Gasteiger partial charge in [0.2, 0.25) is 5.88 Å². The molecule has 0 bridgehead atoms. The highest BCUT2D eigenvalue weighted by molar-refractivity contribution is 9.10. The average molecular weight is 454 g/mol. The zero-order valence-corrected chi connectivity index (χ0v) is 17.3. The Hall–Kier alpha value is -2.71. The van der Waals surface area contributed by atoms with Crippen LogP contribution in [0.2, 0.25) is 0 Å². The molecule has 1 aliphatic heterocycles. The second-order valence-electron chi connectivity index (χ2n) is 7.19. The molecule has 0 radical (unpaired) electrons. The van der Waals surface area contributed by atoms with E-state index < -0.39 is 0 Å². The van der Waals surface area contributed by atoms with Crippen LogP contribution < -0.4 is 10.5 Å². The van der Waals surface area contributed by atoms with Gasteiger partial charge in [-0.05, 0) is 46.8 Å². The highest BCUT2D eigenvalue weighted by Crippen LogP contribution is 2.34. The largest absolute Gasteiger partial charge is 0.476 e. The van der Waals surface area contributed by atoms with Crippen molar-refractivity contribution in [2.24, 2.45) is 5.92 Å². The molecular weight excluding hydrogens is 434 g/mol. The molecule has 3 aromatic heterocycles. The summed E-state index contributed by atoms with van der Waals surface area (Å²) in [5.74, 6) is 1.40. The molecule has 8 heteroatoms. The number of rotatable bonds is 4. The Morgan fingerprint density at radius 2 is 2.03 bits per heavy atom. The molecule has 7 nitrogen and oxygen atoms in total. The number of nitrogen functional groups attached to an aromatic ring is 1. The first-order valence-electron chi connectivity index (χ1n) is 9.59. The van der Waals surface area contributed by atoms with Crippen LogP contribution in [0.15, 0.2) is 47.2 Å². The molecule has 0 saturated carbocycles. The minimum atomic E-state index is 0.456. The van der Waals surface area contributed by atoms with E-state index in [1.54, 1.807) is 10.7 Å². The lowest BCUT2D eigenvalue weighted by Gasteiger charge is -2.22. The van der Waals surface area contributed by atoms with E-state index in [1.165, 1.54) is 0 Å². The lowest BCUT2D eigenvalue weighted by molar-refractivity contribution is 0.0489. The Kier molecular flexibility index (Phi) is 4.81. The maximum absolute atomic E-state index is 6.31. The van der Waals surface area contributed by atoms with Gasteiger partial charge in [-0.15, -0.1) is 0 Å². The molecule has 0 amide bonds. The molecule has 0 spiro atoms. The maximum Gasteiger partial charge on any atom is 0.233 e. The molecule has 148 valence electrons. The van der Waals surface area contributed by atoms with Crippen molar-refractivity contribution in [3.05, 3.63) is 47.2 Å². The number of hydrogen-bond donors (Lipinski definition) is 1. The van der Waals surface area contributed by atoms with Crippen LogP contribution >= 0.6 is 15.9 Å². The van der Waals surface area contributed by atoms with Crippen molar-refractivity contribution >= 4 is 38.3 Å². The topological polar surface area (TPSA) is 87.6 Å². The Balaban J connectivity index is 1.53. The first-order valence-corrected chi connectivity index (χ1v) is 10.4. The third-order valence-corrected chi connectivity index (χ3v) is 6.04. The van der Waals surface area contributed by atoms with Crippen LogP contribution in [-0.2, 0) is 4.74 Å². The van der Waals surface area contributed by atoms with E-state index >= 15 is 0 Å². The van der Waals surface area contributed by atoms with Gasteiger partial charge in [-0.1, -0.05) is 18.2 Å². The summed E-state index contributed by atoms with van der Waals surface area (Å²) in [5.41, 5.74) is 9.69. The van der Waals surface area contributed by atoms with Crippen LogP contribution in [0.1, 0.15) is 12.8 Å². The fraction of sp³-hybridized carbons (Fsp3) is 0.286. The number of nitrogens with zero attached hydrogens (tertiary/aromatic N) is 4. The number of halogens is 1. The maximum atomic E-state index is 6.31. The standard InChI is InChI=1S/C21H20BrN5O2/c22-18-19(23)27-20(26-21(18)29-12-13-5-7-28-8-6-13)16(11-25-27)15-9-14-3-1-2-4-17(14)24-10-15/h1-4,9-11,13H,5-8,12,23H2. The van der Waals surface area contributed by atoms with Crippen LogP contribution in [0.3, 0.4) is 0 Å². The van der Waals surface area contributed by atoms with E-state index in [4.69, 9.17) is 20.2 Å². The smallest absolute Gasteiger partial charge is 0.233 e. The van der Waals surface area contributed by atoms with Crippen molar-refractivity contribution in [2.75, 3.05) is 25.6 Å². The van der Waals surface area contributed by atoms with Gasteiger partial charge in [-0.2, -0.15) is 14.6 Å². The molecule has 4 aromatic rings. The number of hydrogen-bond acceptors (Lipinski definition) is 6. The van der Waals surface area contributed by atoms with Gasteiger partial charge in [0.05, 0.1) is 18.3 Å². The number of para-hydroxylation sites is 1. The van der Waals surface area contributed by atoms with E-state index in [0.717, 1.165) is 48.1 Å². The van der Waals surface area contributed by atoms with Crippen molar-refractivity contribution in [2.45, 2.75) is 12.8 Å². The summed E-state index contributed by atoms with van der Waals surface area (Å²) in [6.45, 7) is 2.16. The molecule has 0 unspecified atom stereocenters. The van der Waals surface area contributed by atoms with Gasteiger partial charge in [0.25, 0.3) is 0 Å². The summed E-state index contributed by atoms with van der Waals surface area (Å²) in [7, 11) is 0. The summed E-state index contributed by atoms with van der Waals surface area (Å²) in [4.78, 5) is 9.28. The lowest BCUT2D eigenvalue weighted by Crippen LogP contribution is -2.22. The Morgan fingerprint density at radius 3 is 2.90 bits per heavy atom. The highest BCUT2D eigenvalue weighted by atomic mass is 79.9. The molecule has 1 aliphatic rings. The van der Waals surface area contributed by atoms with Gasteiger partial charge in [-0.3, -0.25) is 4.98 Å². The minimum Gasteiger partial charge on any atom is -0.476 e. The number of nitrogens with two attached hydrogens (primary N) is 1. The van der Waals surface area contributed by atoms with Crippen molar-refractivity contribution in [1.82, 2.24) is 19.6 Å². The predicted octanol–water partition coefficient (Wildman–Crippen LogP) is 4.09. The Bertz CT molecular complexity index is 1190. The van der Waals surface area contributed by atoms with E-state index in [-0.39, 0.29) is 0 Å². The first kappa shape index (κ1) is 18.3. The highest BCUT2D eigenvalue weighted by Gasteiger charge is 2.20. The summed E-state index contributed by atoms with van der Waals surface area (Å²) < 4.78 is 13.7. The number of aromatic nitrogens is 4. The fourth-order valence-electron chi connectivity index (χ4n) is 3.60. The number of benzene rings is 1. The number of pyridine rings is 1. The van der Waals surface area contributed by atoms with Crippen LogP contribution in [0.25, 0.3) is 27.7 Å². The first-order chi connectivity index (χ1) is 14.2. The van der Waals surface area contributed by atoms with E-state index in [1.807, 2.05) is 30.5 Å². The second-order valence-corrected chi connectivity index (χ2v) is 7.99. The number of ether oxygens (including phenoxy) is 2. The molecule has 0 atom stereocenters. The molecule has 29 heavy (non-hydrogen) atoms. The zero-order valence-electron chi connectivity index (χ0n) is 15.7. The van der Waals surface area contributed by atoms with Gasteiger partial charge in [0.1, 0.15) is 10.3 Å². The minimum absolute atomic E-state index is 0.456.